The van der Waals surface area contributed by atoms with Gasteiger partial charge in [-0.05, 0) is 24.3 Å². The van der Waals surface area contributed by atoms with Crippen LogP contribution >= 0.6 is 11.3 Å². The molecule has 1 fully saturated rings. The van der Waals surface area contributed by atoms with Crippen LogP contribution in [-0.2, 0) is 16.1 Å². The van der Waals surface area contributed by atoms with E-state index < -0.39 is 5.54 Å². The molecule has 0 atom stereocenters. The average molecular weight is 225 g/mol. The molecule has 3 nitrogen and oxygen atoms in total. The van der Waals surface area contributed by atoms with Crippen LogP contribution in [0, 0.1) is 0 Å². The topological polar surface area (TPSA) is 52.3 Å². The molecular weight excluding hydrogens is 210 g/mol. The van der Waals surface area contributed by atoms with Crippen LogP contribution in [0.3, 0.4) is 0 Å². The Morgan fingerprint density at radius 1 is 1.53 bits per heavy atom. The predicted molar refractivity (Wildman–Crippen MR) is 59.5 cm³/mol. The van der Waals surface area contributed by atoms with Crippen LogP contribution < -0.4 is 5.73 Å². The summed E-state index contributed by atoms with van der Waals surface area (Å²) in [4.78, 5) is 12.8. The summed E-state index contributed by atoms with van der Waals surface area (Å²) in [5, 5.41) is 1.97. The van der Waals surface area contributed by atoms with Gasteiger partial charge in [-0.2, -0.15) is 0 Å². The second-order valence-electron chi connectivity index (χ2n) is 4.02. The first-order chi connectivity index (χ1) is 7.21. The Morgan fingerprint density at radius 2 is 2.27 bits per heavy atom. The molecule has 0 saturated heterocycles. The fourth-order valence-corrected chi connectivity index (χ4v) is 2.50. The number of carbonyl (C=O) groups excluding carboxylic acids is 1. The summed E-state index contributed by atoms with van der Waals surface area (Å²) in [7, 11) is 0. The van der Waals surface area contributed by atoms with Crippen molar-refractivity contribution in [1.82, 2.24) is 0 Å². The van der Waals surface area contributed by atoms with E-state index in [4.69, 9.17) is 10.5 Å². The molecule has 2 rings (SSSR count). The highest BCUT2D eigenvalue weighted by molar-refractivity contribution is 7.09. The maximum atomic E-state index is 11.7. The molecule has 1 aromatic rings. The van der Waals surface area contributed by atoms with Gasteiger partial charge in [-0.15, -0.1) is 11.3 Å². The summed E-state index contributed by atoms with van der Waals surface area (Å²) in [6.07, 6.45) is 3.59. The highest BCUT2D eigenvalue weighted by Gasteiger charge is 2.38. The number of ether oxygens (including phenoxy) is 1. The van der Waals surface area contributed by atoms with E-state index in [1.54, 1.807) is 11.3 Å². The van der Waals surface area contributed by atoms with Crippen molar-refractivity contribution in [3.63, 3.8) is 0 Å². The van der Waals surface area contributed by atoms with Crippen LogP contribution in [0.15, 0.2) is 17.5 Å². The lowest BCUT2D eigenvalue weighted by atomic mass is 10.00. The van der Waals surface area contributed by atoms with Crippen molar-refractivity contribution in [3.05, 3.63) is 22.4 Å². The third-order valence-electron chi connectivity index (χ3n) is 2.83. The summed E-state index contributed by atoms with van der Waals surface area (Å²) >= 11 is 1.59. The summed E-state index contributed by atoms with van der Waals surface area (Å²) < 4.78 is 5.22. The Hall–Kier alpha value is -0.870. The molecular formula is C11H15NO2S. The minimum absolute atomic E-state index is 0.242. The molecule has 15 heavy (non-hydrogen) atoms. The average Bonchev–Trinajstić information content (AvgIpc) is 2.85. The minimum Gasteiger partial charge on any atom is -0.459 e. The van der Waals surface area contributed by atoms with Crippen LogP contribution in [-0.4, -0.2) is 11.5 Å². The highest BCUT2D eigenvalue weighted by atomic mass is 32.1. The van der Waals surface area contributed by atoms with Crippen LogP contribution in [0.5, 0.6) is 0 Å². The zero-order chi connectivity index (χ0) is 10.7. The Balaban J connectivity index is 1.87. The van der Waals surface area contributed by atoms with E-state index in [1.807, 2.05) is 17.5 Å². The highest BCUT2D eigenvalue weighted by Crippen LogP contribution is 2.28. The lowest BCUT2D eigenvalue weighted by Crippen LogP contribution is -2.46. The molecule has 0 radical (unpaired) electrons. The fraction of sp³-hybridized carbons (Fsp3) is 0.545. The second kappa shape index (κ2) is 4.33. The van der Waals surface area contributed by atoms with Crippen molar-refractivity contribution < 1.29 is 9.53 Å². The Morgan fingerprint density at radius 3 is 2.87 bits per heavy atom. The smallest absolute Gasteiger partial charge is 0.326 e. The van der Waals surface area contributed by atoms with Gasteiger partial charge >= 0.3 is 5.97 Å². The number of thiophene rings is 1. The van der Waals surface area contributed by atoms with Gasteiger partial charge in [0.25, 0.3) is 0 Å². The molecule has 82 valence electrons. The minimum atomic E-state index is -0.711. The van der Waals surface area contributed by atoms with Crippen molar-refractivity contribution in [1.29, 1.82) is 0 Å². The SMILES string of the molecule is NC1(C(=O)OCc2cccs2)CCCC1. The summed E-state index contributed by atoms with van der Waals surface area (Å²) in [6, 6.07) is 3.90. The molecule has 1 aromatic heterocycles. The standard InChI is InChI=1S/C11H15NO2S/c12-11(5-1-2-6-11)10(13)14-8-9-4-3-7-15-9/h3-4,7H,1-2,5-6,8,12H2. The van der Waals surface area contributed by atoms with E-state index in [-0.39, 0.29) is 5.97 Å². The van der Waals surface area contributed by atoms with Crippen molar-refractivity contribution in [2.45, 2.75) is 37.8 Å². The lowest BCUT2D eigenvalue weighted by molar-refractivity contribution is -0.151. The fourth-order valence-electron chi connectivity index (χ4n) is 1.89. The van der Waals surface area contributed by atoms with Gasteiger partial charge in [-0.25, -0.2) is 0 Å². The normalized spacial score (nSPS) is 19.0. The van der Waals surface area contributed by atoms with Gasteiger partial charge in [0, 0.05) is 4.88 Å². The van der Waals surface area contributed by atoms with Gasteiger partial charge in [0.2, 0.25) is 0 Å². The van der Waals surface area contributed by atoms with Crippen molar-refractivity contribution in [2.24, 2.45) is 5.73 Å². The van der Waals surface area contributed by atoms with Crippen LogP contribution in [0.25, 0.3) is 0 Å². The van der Waals surface area contributed by atoms with E-state index >= 15 is 0 Å². The Bertz CT molecular complexity index is 328. The van der Waals surface area contributed by atoms with Crippen LogP contribution in [0.1, 0.15) is 30.6 Å². The van der Waals surface area contributed by atoms with Gasteiger partial charge in [0.1, 0.15) is 12.1 Å². The molecule has 1 heterocycles. The lowest BCUT2D eigenvalue weighted by Gasteiger charge is -2.20. The van der Waals surface area contributed by atoms with Gasteiger partial charge in [-0.1, -0.05) is 18.9 Å². The number of nitrogens with two attached hydrogens (primary N) is 1. The summed E-state index contributed by atoms with van der Waals surface area (Å²) in [5.41, 5.74) is 5.26. The van der Waals surface area contributed by atoms with E-state index in [0.717, 1.165) is 30.6 Å². The molecule has 1 aliphatic carbocycles. The van der Waals surface area contributed by atoms with E-state index in [9.17, 15) is 4.79 Å². The predicted octanol–water partition coefficient (Wildman–Crippen LogP) is 2.06. The third kappa shape index (κ3) is 2.38. The second-order valence-corrected chi connectivity index (χ2v) is 5.05. The number of hydrogen-bond donors (Lipinski definition) is 1. The molecule has 0 aliphatic heterocycles. The molecule has 0 spiro atoms. The number of rotatable bonds is 3. The molecule has 1 saturated carbocycles. The first-order valence-corrected chi connectivity index (χ1v) is 6.07. The van der Waals surface area contributed by atoms with Crippen molar-refractivity contribution >= 4 is 17.3 Å². The molecule has 1 aliphatic rings. The maximum absolute atomic E-state index is 11.7. The zero-order valence-electron chi connectivity index (χ0n) is 8.57. The van der Waals surface area contributed by atoms with Crippen LogP contribution in [0.2, 0.25) is 0 Å². The van der Waals surface area contributed by atoms with Gasteiger partial charge < -0.3 is 10.5 Å². The molecule has 0 bridgehead atoms. The number of hydrogen-bond acceptors (Lipinski definition) is 4. The summed E-state index contributed by atoms with van der Waals surface area (Å²) in [6.45, 7) is 0.357. The van der Waals surface area contributed by atoms with Gasteiger partial charge in [-0.3, -0.25) is 4.79 Å². The zero-order valence-corrected chi connectivity index (χ0v) is 9.39. The Kier molecular flexibility index (Phi) is 3.07. The maximum Gasteiger partial charge on any atom is 0.326 e. The van der Waals surface area contributed by atoms with E-state index in [0.29, 0.717) is 6.61 Å². The molecule has 4 heteroatoms. The number of carbonyl (C=O) groups is 1. The molecule has 0 aromatic carbocycles. The van der Waals surface area contributed by atoms with E-state index in [1.165, 1.54) is 0 Å². The van der Waals surface area contributed by atoms with Gasteiger partial charge in [0.05, 0.1) is 0 Å². The first-order valence-electron chi connectivity index (χ1n) is 5.19. The monoisotopic (exact) mass is 225 g/mol. The van der Waals surface area contributed by atoms with Crippen molar-refractivity contribution in [3.8, 4) is 0 Å². The van der Waals surface area contributed by atoms with Gasteiger partial charge in [0.15, 0.2) is 0 Å². The number of esters is 1. The molecule has 0 amide bonds. The molecule has 0 unspecified atom stereocenters. The third-order valence-corrected chi connectivity index (χ3v) is 3.68. The molecule has 2 N–H and O–H groups in total. The quantitative estimate of drug-likeness (QED) is 0.801. The Labute approximate surface area is 93.2 Å². The first kappa shape index (κ1) is 10.6. The van der Waals surface area contributed by atoms with Crippen LogP contribution in [0.4, 0.5) is 0 Å². The summed E-state index contributed by atoms with van der Waals surface area (Å²) in [5.74, 6) is -0.242. The van der Waals surface area contributed by atoms with Crippen molar-refractivity contribution in [2.75, 3.05) is 0 Å². The largest absolute Gasteiger partial charge is 0.459 e. The van der Waals surface area contributed by atoms with E-state index in [2.05, 4.69) is 0 Å².